The van der Waals surface area contributed by atoms with E-state index in [2.05, 4.69) is 0 Å². The Bertz CT molecular complexity index is 2220. The molecule has 11 nitrogen and oxygen atoms in total. The molecule has 1 atom stereocenters. The Labute approximate surface area is 284 Å². The van der Waals surface area contributed by atoms with Crippen molar-refractivity contribution in [3.8, 4) is 17.2 Å². The molecule has 248 valence electrons. The first-order valence-corrected chi connectivity index (χ1v) is 16.1. The topological polar surface area (TPSA) is 131 Å². The van der Waals surface area contributed by atoms with Crippen LogP contribution in [-0.2, 0) is 16.1 Å². The van der Waals surface area contributed by atoms with Gasteiger partial charge in [-0.15, -0.1) is 0 Å². The number of hydrogen-bond acceptors (Lipinski definition) is 10. The van der Waals surface area contributed by atoms with E-state index < -0.39 is 16.9 Å². The number of esters is 1. The van der Waals surface area contributed by atoms with E-state index in [1.54, 1.807) is 62.6 Å². The average Bonchev–Trinajstić information content (AvgIpc) is 3.44. The molecule has 0 bridgehead atoms. The Morgan fingerprint density at radius 1 is 0.959 bits per heavy atom. The predicted octanol–water partition coefficient (Wildman–Crippen LogP) is 5.44. The van der Waals surface area contributed by atoms with Gasteiger partial charge in [0.25, 0.3) is 11.2 Å². The summed E-state index contributed by atoms with van der Waals surface area (Å²) in [5.41, 5.74) is 2.94. The highest BCUT2D eigenvalue weighted by molar-refractivity contribution is 7.07. The number of methoxy groups -OCH3 is 2. The molecule has 0 radical (unpaired) electrons. The molecule has 0 aliphatic carbocycles. The number of nitro groups is 1. The van der Waals surface area contributed by atoms with Crippen molar-refractivity contribution in [3.63, 3.8) is 0 Å². The standard InChI is InChI=1S/C37H31N3O8S/c1-4-47-36(42)31-32(24-9-6-5-7-10-24)38-37-39(33(31)25-15-19-28(45-2)20-16-25)35(41)30(49-37)21-26-11-8-12-29(46-3)34(26)48-22-23-13-17-27(18-14-23)40(43)44/h5-21,33H,4,22H2,1-3H3/b30-21-/t33-/m0/s1. The van der Waals surface area contributed by atoms with Crippen LogP contribution < -0.4 is 29.1 Å². The predicted molar refractivity (Wildman–Crippen MR) is 184 cm³/mol. The Morgan fingerprint density at radius 2 is 1.69 bits per heavy atom. The summed E-state index contributed by atoms with van der Waals surface area (Å²) in [5.74, 6) is 0.879. The van der Waals surface area contributed by atoms with Crippen molar-refractivity contribution in [1.82, 2.24) is 4.57 Å². The lowest BCUT2D eigenvalue weighted by molar-refractivity contribution is -0.384. The molecule has 49 heavy (non-hydrogen) atoms. The number of carbonyl (C=O) groups excluding carboxylic acids is 1. The van der Waals surface area contributed by atoms with E-state index in [-0.39, 0.29) is 30.0 Å². The van der Waals surface area contributed by atoms with E-state index >= 15 is 0 Å². The number of carbonyl (C=O) groups is 1. The molecule has 0 unspecified atom stereocenters. The van der Waals surface area contributed by atoms with E-state index in [0.717, 1.165) is 0 Å². The maximum Gasteiger partial charge on any atom is 0.338 e. The zero-order valence-corrected chi connectivity index (χ0v) is 27.6. The molecule has 12 heteroatoms. The van der Waals surface area contributed by atoms with Gasteiger partial charge in [-0.2, -0.15) is 0 Å². The highest BCUT2D eigenvalue weighted by Gasteiger charge is 2.35. The maximum atomic E-state index is 14.4. The lowest BCUT2D eigenvalue weighted by atomic mass is 9.93. The van der Waals surface area contributed by atoms with Crippen molar-refractivity contribution < 1.29 is 28.7 Å². The summed E-state index contributed by atoms with van der Waals surface area (Å²) in [6.07, 6.45) is 1.71. The van der Waals surface area contributed by atoms with Crippen LogP contribution in [0.25, 0.3) is 11.8 Å². The third-order valence-electron chi connectivity index (χ3n) is 7.85. The highest BCUT2D eigenvalue weighted by Crippen LogP contribution is 2.36. The Hall–Kier alpha value is -6.01. The van der Waals surface area contributed by atoms with Gasteiger partial charge < -0.3 is 18.9 Å². The van der Waals surface area contributed by atoms with Crippen molar-refractivity contribution >= 4 is 34.8 Å². The first kappa shape index (κ1) is 32.9. The van der Waals surface area contributed by atoms with Crippen molar-refractivity contribution in [2.24, 2.45) is 4.99 Å². The molecular weight excluding hydrogens is 646 g/mol. The van der Waals surface area contributed by atoms with E-state index in [0.29, 0.717) is 54.5 Å². The smallest absolute Gasteiger partial charge is 0.338 e. The first-order valence-electron chi connectivity index (χ1n) is 15.3. The van der Waals surface area contributed by atoms with Gasteiger partial charge in [0.2, 0.25) is 0 Å². The van der Waals surface area contributed by atoms with Gasteiger partial charge in [0, 0.05) is 23.3 Å². The fraction of sp³-hybridized carbons (Fsp3) is 0.162. The maximum absolute atomic E-state index is 14.4. The fourth-order valence-electron chi connectivity index (χ4n) is 5.51. The Morgan fingerprint density at radius 3 is 2.35 bits per heavy atom. The van der Waals surface area contributed by atoms with Crippen LogP contribution in [0.15, 0.2) is 112 Å². The lowest BCUT2D eigenvalue weighted by Gasteiger charge is -2.26. The van der Waals surface area contributed by atoms with E-state index in [4.69, 9.17) is 23.9 Å². The summed E-state index contributed by atoms with van der Waals surface area (Å²) in [4.78, 5) is 44.0. The number of ether oxygens (including phenoxy) is 4. The molecule has 1 aliphatic rings. The van der Waals surface area contributed by atoms with Crippen LogP contribution in [0.5, 0.6) is 17.2 Å². The summed E-state index contributed by atoms with van der Waals surface area (Å²) in [7, 11) is 3.08. The fourth-order valence-corrected chi connectivity index (χ4v) is 6.51. The summed E-state index contributed by atoms with van der Waals surface area (Å²) in [6.45, 7) is 1.97. The number of nitro benzene ring substituents is 1. The van der Waals surface area contributed by atoms with Crippen LogP contribution in [0.3, 0.4) is 0 Å². The summed E-state index contributed by atoms with van der Waals surface area (Å²) in [6, 6.07) is 27.1. The summed E-state index contributed by atoms with van der Waals surface area (Å²) < 4.78 is 24.6. The number of rotatable bonds is 11. The monoisotopic (exact) mass is 677 g/mol. The second-order valence-corrected chi connectivity index (χ2v) is 11.8. The molecule has 0 saturated heterocycles. The molecule has 2 heterocycles. The van der Waals surface area contributed by atoms with Gasteiger partial charge in [-0.3, -0.25) is 19.5 Å². The minimum atomic E-state index is -0.846. The number of hydrogen-bond donors (Lipinski definition) is 0. The number of aromatic nitrogens is 1. The van der Waals surface area contributed by atoms with Gasteiger partial charge in [-0.25, -0.2) is 9.79 Å². The second-order valence-electron chi connectivity index (χ2n) is 10.8. The van der Waals surface area contributed by atoms with E-state index in [1.807, 2.05) is 42.5 Å². The largest absolute Gasteiger partial charge is 0.497 e. The van der Waals surface area contributed by atoms with Crippen molar-refractivity contribution in [2.45, 2.75) is 19.6 Å². The minimum absolute atomic E-state index is 0.0217. The first-order chi connectivity index (χ1) is 23.8. The molecule has 0 saturated carbocycles. The summed E-state index contributed by atoms with van der Waals surface area (Å²) in [5, 5.41) is 11.1. The minimum Gasteiger partial charge on any atom is -0.497 e. The lowest BCUT2D eigenvalue weighted by Crippen LogP contribution is -2.40. The van der Waals surface area contributed by atoms with Crippen LogP contribution in [0, 0.1) is 10.1 Å². The molecule has 0 spiro atoms. The molecule has 0 N–H and O–H groups in total. The van der Waals surface area contributed by atoms with E-state index in [1.165, 1.54) is 35.1 Å². The van der Waals surface area contributed by atoms with Gasteiger partial charge in [0.05, 0.1) is 47.6 Å². The second kappa shape index (κ2) is 14.4. The number of nitrogens with zero attached hydrogens (tertiary/aromatic N) is 3. The third-order valence-corrected chi connectivity index (χ3v) is 8.83. The van der Waals surface area contributed by atoms with E-state index in [9.17, 15) is 19.7 Å². The highest BCUT2D eigenvalue weighted by atomic mass is 32.1. The number of benzene rings is 4. The zero-order valence-electron chi connectivity index (χ0n) is 26.8. The Kier molecular flexibility index (Phi) is 9.67. The van der Waals surface area contributed by atoms with Crippen LogP contribution in [0.4, 0.5) is 5.69 Å². The molecule has 1 aliphatic heterocycles. The van der Waals surface area contributed by atoms with Crippen LogP contribution in [0.1, 0.15) is 35.2 Å². The van der Waals surface area contributed by atoms with Crippen LogP contribution >= 0.6 is 11.3 Å². The average molecular weight is 678 g/mol. The van der Waals surface area contributed by atoms with Crippen molar-refractivity contribution in [1.29, 1.82) is 0 Å². The molecule has 0 amide bonds. The van der Waals surface area contributed by atoms with Gasteiger partial charge >= 0.3 is 5.97 Å². The molecular formula is C37H31N3O8S. The quantitative estimate of drug-likeness (QED) is 0.103. The van der Waals surface area contributed by atoms with Crippen molar-refractivity contribution in [3.05, 3.63) is 155 Å². The van der Waals surface area contributed by atoms with Gasteiger partial charge in [-0.1, -0.05) is 65.9 Å². The molecule has 0 fully saturated rings. The summed E-state index contributed by atoms with van der Waals surface area (Å²) >= 11 is 1.19. The number of non-ortho nitro benzene ring substituents is 1. The number of para-hydroxylation sites is 1. The number of fused-ring (bicyclic) bond motifs is 1. The van der Waals surface area contributed by atoms with Crippen LogP contribution in [-0.4, -0.2) is 36.3 Å². The zero-order chi connectivity index (χ0) is 34.5. The normalized spacial score (nSPS) is 14.1. The van der Waals surface area contributed by atoms with Crippen molar-refractivity contribution in [2.75, 3.05) is 20.8 Å². The Balaban J connectivity index is 1.51. The van der Waals surface area contributed by atoms with Gasteiger partial charge in [0.15, 0.2) is 16.3 Å². The number of thiazole rings is 1. The molecule has 1 aromatic heterocycles. The SMILES string of the molecule is CCOC(=O)C1=C(c2ccccc2)N=c2s/c(=C\c3cccc(OC)c3OCc3ccc([N+](=O)[O-])cc3)c(=O)n2[C@H]1c1ccc(OC)cc1. The molecule has 6 rings (SSSR count). The van der Waals surface area contributed by atoms with Crippen LogP contribution in [0.2, 0.25) is 0 Å². The molecule has 5 aromatic rings. The van der Waals surface area contributed by atoms with Gasteiger partial charge in [-0.05, 0) is 54.5 Å². The third kappa shape index (κ3) is 6.72. The molecule has 4 aromatic carbocycles. The van der Waals surface area contributed by atoms with Gasteiger partial charge in [0.1, 0.15) is 12.4 Å².